The Hall–Kier alpha value is -3.17. The fourth-order valence-corrected chi connectivity index (χ4v) is 5.46. The zero-order valence-corrected chi connectivity index (χ0v) is 18.9. The van der Waals surface area contributed by atoms with Crippen LogP contribution in [0, 0.1) is 0 Å². The molecule has 1 fully saturated rings. The van der Waals surface area contributed by atoms with Gasteiger partial charge in [0.1, 0.15) is 16.3 Å². The topological polar surface area (TPSA) is 104 Å². The summed E-state index contributed by atoms with van der Waals surface area (Å²) in [5.41, 5.74) is 3.15. The highest BCUT2D eigenvalue weighted by molar-refractivity contribution is 7.89. The van der Waals surface area contributed by atoms with E-state index in [4.69, 9.17) is 4.74 Å². The molecule has 168 valence electrons. The smallest absolute Gasteiger partial charge is 0.273 e. The maximum atomic E-state index is 13.1. The molecule has 3 aromatic rings. The van der Waals surface area contributed by atoms with Gasteiger partial charge in [0.05, 0.1) is 12.8 Å². The number of carbonyl (C=O) groups is 1. The lowest BCUT2D eigenvalue weighted by Gasteiger charge is -2.18. The van der Waals surface area contributed by atoms with Gasteiger partial charge in [-0.05, 0) is 61.2 Å². The number of H-pyrrole nitrogens is 1. The number of rotatable bonds is 7. The molecule has 2 aromatic carbocycles. The van der Waals surface area contributed by atoms with Crippen LogP contribution in [0.2, 0.25) is 0 Å². The molecule has 8 nitrogen and oxygen atoms in total. The molecule has 1 saturated heterocycles. The van der Waals surface area contributed by atoms with E-state index in [2.05, 4.69) is 22.4 Å². The third-order valence-corrected chi connectivity index (χ3v) is 7.48. The standard InChI is InChI=1S/C23H26N4O4S/c1-3-16-7-6-8-18(13-16)24-23(28)20-15-19(25-26-20)17-9-10-21(31-2)22(14-17)32(29,30)27-11-4-5-12-27/h6-10,13-15H,3-5,11-12H2,1-2H3,(H,24,28)(H,25,26). The fourth-order valence-electron chi connectivity index (χ4n) is 3.76. The van der Waals surface area contributed by atoms with Crippen LogP contribution in [0.3, 0.4) is 0 Å². The number of anilines is 1. The van der Waals surface area contributed by atoms with Gasteiger partial charge < -0.3 is 10.1 Å². The second kappa shape index (κ2) is 9.13. The Labute approximate surface area is 187 Å². The van der Waals surface area contributed by atoms with Crippen molar-refractivity contribution in [1.82, 2.24) is 14.5 Å². The monoisotopic (exact) mass is 454 g/mol. The van der Waals surface area contributed by atoms with Gasteiger partial charge in [-0.25, -0.2) is 8.42 Å². The largest absolute Gasteiger partial charge is 0.495 e. The molecule has 9 heteroatoms. The summed E-state index contributed by atoms with van der Waals surface area (Å²) in [5, 5.41) is 9.82. The van der Waals surface area contributed by atoms with Crippen LogP contribution in [0.15, 0.2) is 53.4 Å². The van der Waals surface area contributed by atoms with E-state index in [1.54, 1.807) is 24.3 Å². The molecule has 1 amide bonds. The summed E-state index contributed by atoms with van der Waals surface area (Å²) in [7, 11) is -2.23. The average Bonchev–Trinajstić information content (AvgIpc) is 3.51. The Kier molecular flexibility index (Phi) is 6.29. The number of nitrogens with zero attached hydrogens (tertiary/aromatic N) is 2. The van der Waals surface area contributed by atoms with Crippen LogP contribution in [-0.2, 0) is 16.4 Å². The van der Waals surface area contributed by atoms with Crippen molar-refractivity contribution >= 4 is 21.6 Å². The predicted octanol–water partition coefficient (Wildman–Crippen LogP) is 3.68. The van der Waals surface area contributed by atoms with Crippen LogP contribution < -0.4 is 10.1 Å². The first-order valence-corrected chi connectivity index (χ1v) is 12.0. The van der Waals surface area contributed by atoms with Gasteiger partial charge in [-0.15, -0.1) is 0 Å². The quantitative estimate of drug-likeness (QED) is 0.567. The minimum absolute atomic E-state index is 0.102. The van der Waals surface area contributed by atoms with Gasteiger partial charge in [0.15, 0.2) is 0 Å². The zero-order chi connectivity index (χ0) is 22.7. The molecule has 0 radical (unpaired) electrons. The Morgan fingerprint density at radius 3 is 2.66 bits per heavy atom. The van der Waals surface area contributed by atoms with Gasteiger partial charge in [0, 0.05) is 24.3 Å². The van der Waals surface area contributed by atoms with Crippen LogP contribution in [0.25, 0.3) is 11.3 Å². The third-order valence-electron chi connectivity index (χ3n) is 5.56. The molecular weight excluding hydrogens is 428 g/mol. The van der Waals surface area contributed by atoms with Crippen molar-refractivity contribution in [3.8, 4) is 17.0 Å². The van der Waals surface area contributed by atoms with Gasteiger partial charge in [-0.1, -0.05) is 19.1 Å². The number of benzene rings is 2. The predicted molar refractivity (Wildman–Crippen MR) is 122 cm³/mol. The highest BCUT2D eigenvalue weighted by Gasteiger charge is 2.30. The molecule has 0 bridgehead atoms. The van der Waals surface area contributed by atoms with Crippen molar-refractivity contribution in [1.29, 1.82) is 0 Å². The number of hydrogen-bond donors (Lipinski definition) is 2. The summed E-state index contributed by atoms with van der Waals surface area (Å²) in [6, 6.07) is 14.1. The van der Waals surface area contributed by atoms with Crippen molar-refractivity contribution < 1.29 is 17.9 Å². The number of amides is 1. The van der Waals surface area contributed by atoms with Crippen LogP contribution in [0.5, 0.6) is 5.75 Å². The molecule has 0 unspecified atom stereocenters. The Balaban J connectivity index is 1.60. The molecule has 32 heavy (non-hydrogen) atoms. The number of aryl methyl sites for hydroxylation is 1. The molecule has 0 atom stereocenters. The highest BCUT2D eigenvalue weighted by atomic mass is 32.2. The minimum Gasteiger partial charge on any atom is -0.495 e. The molecule has 0 saturated carbocycles. The lowest BCUT2D eigenvalue weighted by molar-refractivity contribution is 0.102. The van der Waals surface area contributed by atoms with Crippen molar-refractivity contribution in [2.45, 2.75) is 31.1 Å². The lowest BCUT2D eigenvalue weighted by Crippen LogP contribution is -2.28. The molecule has 1 aliphatic rings. The Morgan fingerprint density at radius 1 is 1.16 bits per heavy atom. The number of carbonyl (C=O) groups excluding carboxylic acids is 1. The van der Waals surface area contributed by atoms with Gasteiger partial charge in [-0.3, -0.25) is 9.89 Å². The zero-order valence-electron chi connectivity index (χ0n) is 18.1. The SMILES string of the molecule is CCc1cccc(NC(=O)c2cc(-c3ccc(OC)c(S(=O)(=O)N4CCCC4)c3)n[nH]2)c1. The first kappa shape index (κ1) is 22.0. The second-order valence-corrected chi connectivity index (χ2v) is 9.56. The first-order valence-electron chi connectivity index (χ1n) is 10.6. The number of aromatic amines is 1. The molecule has 4 rings (SSSR count). The number of ether oxygens (including phenoxy) is 1. The first-order chi connectivity index (χ1) is 15.4. The summed E-state index contributed by atoms with van der Waals surface area (Å²) in [6.07, 6.45) is 2.57. The van der Waals surface area contributed by atoms with E-state index in [0.717, 1.165) is 24.8 Å². The van der Waals surface area contributed by atoms with Crippen LogP contribution >= 0.6 is 0 Å². The minimum atomic E-state index is -3.68. The van der Waals surface area contributed by atoms with E-state index in [1.165, 1.54) is 11.4 Å². The van der Waals surface area contributed by atoms with E-state index in [-0.39, 0.29) is 22.2 Å². The molecule has 2 heterocycles. The number of methoxy groups -OCH3 is 1. The third kappa shape index (κ3) is 4.39. The fraction of sp³-hybridized carbons (Fsp3) is 0.304. The second-order valence-electron chi connectivity index (χ2n) is 7.65. The number of aromatic nitrogens is 2. The maximum absolute atomic E-state index is 13.1. The van der Waals surface area contributed by atoms with E-state index >= 15 is 0 Å². The van der Waals surface area contributed by atoms with Gasteiger partial charge in [-0.2, -0.15) is 9.40 Å². The maximum Gasteiger partial charge on any atom is 0.273 e. The molecule has 1 aliphatic heterocycles. The molecule has 0 aliphatic carbocycles. The Bertz CT molecular complexity index is 1230. The Morgan fingerprint density at radius 2 is 1.94 bits per heavy atom. The van der Waals surface area contributed by atoms with Crippen molar-refractivity contribution in [3.63, 3.8) is 0 Å². The molecule has 0 spiro atoms. The summed E-state index contributed by atoms with van der Waals surface area (Å²) >= 11 is 0. The summed E-state index contributed by atoms with van der Waals surface area (Å²) in [5.74, 6) is -0.0413. The van der Waals surface area contributed by atoms with Crippen molar-refractivity contribution in [2.24, 2.45) is 0 Å². The van der Waals surface area contributed by atoms with Gasteiger partial charge in [0.25, 0.3) is 5.91 Å². The molecule has 2 N–H and O–H groups in total. The van der Waals surface area contributed by atoms with Gasteiger partial charge in [0.2, 0.25) is 10.0 Å². The number of sulfonamides is 1. The lowest BCUT2D eigenvalue weighted by atomic mass is 10.1. The molecular formula is C23H26N4O4S. The van der Waals surface area contributed by atoms with Crippen molar-refractivity contribution in [3.05, 3.63) is 59.8 Å². The van der Waals surface area contributed by atoms with E-state index < -0.39 is 10.0 Å². The summed E-state index contributed by atoms with van der Waals surface area (Å²) < 4.78 is 33.0. The van der Waals surface area contributed by atoms with Crippen LogP contribution in [0.4, 0.5) is 5.69 Å². The van der Waals surface area contributed by atoms with Gasteiger partial charge >= 0.3 is 0 Å². The van der Waals surface area contributed by atoms with E-state index in [0.29, 0.717) is 30.0 Å². The van der Waals surface area contributed by atoms with Crippen LogP contribution in [0.1, 0.15) is 35.8 Å². The highest BCUT2D eigenvalue weighted by Crippen LogP contribution is 2.32. The summed E-state index contributed by atoms with van der Waals surface area (Å²) in [4.78, 5) is 12.8. The van der Waals surface area contributed by atoms with E-state index in [1.807, 2.05) is 24.3 Å². The summed E-state index contributed by atoms with van der Waals surface area (Å²) in [6.45, 7) is 3.05. The van der Waals surface area contributed by atoms with Crippen molar-refractivity contribution in [2.75, 3.05) is 25.5 Å². The van der Waals surface area contributed by atoms with E-state index in [9.17, 15) is 13.2 Å². The number of hydrogen-bond acceptors (Lipinski definition) is 5. The normalized spacial score (nSPS) is 14.4. The number of nitrogens with one attached hydrogen (secondary N) is 2. The average molecular weight is 455 g/mol. The molecule has 1 aromatic heterocycles. The van der Waals surface area contributed by atoms with Crippen LogP contribution in [-0.4, -0.2) is 49.0 Å².